The van der Waals surface area contributed by atoms with Crippen LogP contribution in [-0.2, 0) is 6.54 Å². The molecule has 2 N–H and O–H groups in total. The lowest BCUT2D eigenvalue weighted by atomic mass is 10.1. The molecule has 0 radical (unpaired) electrons. The van der Waals surface area contributed by atoms with Gasteiger partial charge in [0.1, 0.15) is 5.69 Å². The van der Waals surface area contributed by atoms with Crippen molar-refractivity contribution in [1.29, 1.82) is 0 Å². The highest BCUT2D eigenvalue weighted by Crippen LogP contribution is 2.25. The van der Waals surface area contributed by atoms with E-state index >= 15 is 0 Å². The summed E-state index contributed by atoms with van der Waals surface area (Å²) >= 11 is 0. The standard InChI is InChI=1S/C17H14N6/c18-12-5-6-13(20-9-12)10-23-11-17(21-22-23)15-7-8-19-16-4-2-1-3-14(15)16/h1-9,11H,10,18H2. The van der Waals surface area contributed by atoms with Gasteiger partial charge in [0.2, 0.25) is 0 Å². The maximum atomic E-state index is 5.65. The van der Waals surface area contributed by atoms with Gasteiger partial charge in [-0.2, -0.15) is 0 Å². The van der Waals surface area contributed by atoms with Gasteiger partial charge in [-0.3, -0.25) is 9.97 Å². The van der Waals surface area contributed by atoms with Crippen LogP contribution in [-0.4, -0.2) is 25.0 Å². The van der Waals surface area contributed by atoms with Crippen molar-refractivity contribution in [3.8, 4) is 11.3 Å². The van der Waals surface area contributed by atoms with E-state index < -0.39 is 0 Å². The molecule has 6 heteroatoms. The highest BCUT2D eigenvalue weighted by molar-refractivity contribution is 5.92. The van der Waals surface area contributed by atoms with Crippen LogP contribution in [0, 0.1) is 0 Å². The molecule has 6 nitrogen and oxygen atoms in total. The van der Waals surface area contributed by atoms with E-state index in [1.807, 2.05) is 48.7 Å². The number of aromatic nitrogens is 5. The number of rotatable bonds is 3. The van der Waals surface area contributed by atoms with Crippen LogP contribution in [0.4, 0.5) is 5.69 Å². The van der Waals surface area contributed by atoms with Gasteiger partial charge in [0.15, 0.2) is 0 Å². The maximum Gasteiger partial charge on any atom is 0.113 e. The molecule has 0 saturated heterocycles. The van der Waals surface area contributed by atoms with E-state index in [0.29, 0.717) is 12.2 Å². The van der Waals surface area contributed by atoms with Gasteiger partial charge in [0.25, 0.3) is 0 Å². The van der Waals surface area contributed by atoms with Crippen molar-refractivity contribution in [2.45, 2.75) is 6.54 Å². The lowest BCUT2D eigenvalue weighted by Crippen LogP contribution is -2.02. The summed E-state index contributed by atoms with van der Waals surface area (Å²) in [5.74, 6) is 0. The number of nitrogens with zero attached hydrogens (tertiary/aromatic N) is 5. The van der Waals surface area contributed by atoms with Crippen LogP contribution in [0.25, 0.3) is 22.2 Å². The van der Waals surface area contributed by atoms with Crippen molar-refractivity contribution in [2.75, 3.05) is 5.73 Å². The van der Waals surface area contributed by atoms with Crippen LogP contribution in [0.3, 0.4) is 0 Å². The van der Waals surface area contributed by atoms with E-state index in [1.165, 1.54) is 0 Å². The Labute approximate surface area is 132 Å². The number of hydrogen-bond acceptors (Lipinski definition) is 5. The number of pyridine rings is 2. The Hall–Kier alpha value is -3.28. The fourth-order valence-corrected chi connectivity index (χ4v) is 2.51. The number of benzene rings is 1. The number of nitrogens with two attached hydrogens (primary N) is 1. The molecule has 112 valence electrons. The highest BCUT2D eigenvalue weighted by atomic mass is 15.4. The first-order valence-electron chi connectivity index (χ1n) is 7.24. The van der Waals surface area contributed by atoms with Crippen LogP contribution in [0.15, 0.2) is 61.1 Å². The van der Waals surface area contributed by atoms with Gasteiger partial charge in [-0.1, -0.05) is 23.4 Å². The lowest BCUT2D eigenvalue weighted by molar-refractivity contribution is 0.639. The second-order valence-corrected chi connectivity index (χ2v) is 5.26. The van der Waals surface area contributed by atoms with Gasteiger partial charge in [0, 0.05) is 17.1 Å². The third-order valence-corrected chi connectivity index (χ3v) is 3.64. The van der Waals surface area contributed by atoms with Gasteiger partial charge in [-0.05, 0) is 24.3 Å². The zero-order chi connectivity index (χ0) is 15.6. The molecule has 1 aromatic carbocycles. The smallest absolute Gasteiger partial charge is 0.113 e. The van der Waals surface area contributed by atoms with Crippen molar-refractivity contribution in [2.24, 2.45) is 0 Å². The van der Waals surface area contributed by atoms with Crippen LogP contribution >= 0.6 is 0 Å². The molecular weight excluding hydrogens is 288 g/mol. The molecule has 3 heterocycles. The topological polar surface area (TPSA) is 82.5 Å². The first-order chi connectivity index (χ1) is 11.3. The average Bonchev–Trinajstić information content (AvgIpc) is 3.05. The van der Waals surface area contributed by atoms with Gasteiger partial charge < -0.3 is 5.73 Å². The van der Waals surface area contributed by atoms with E-state index in [1.54, 1.807) is 17.1 Å². The molecule has 0 unspecified atom stereocenters. The second-order valence-electron chi connectivity index (χ2n) is 5.26. The van der Waals surface area contributed by atoms with Gasteiger partial charge in [0.05, 0.1) is 35.8 Å². The largest absolute Gasteiger partial charge is 0.397 e. The van der Waals surface area contributed by atoms with E-state index in [-0.39, 0.29) is 0 Å². The summed E-state index contributed by atoms with van der Waals surface area (Å²) in [6, 6.07) is 13.7. The number of nitrogen functional groups attached to an aromatic ring is 1. The molecule has 0 aliphatic heterocycles. The number of fused-ring (bicyclic) bond motifs is 1. The summed E-state index contributed by atoms with van der Waals surface area (Å²) in [7, 11) is 0. The predicted octanol–water partition coefficient (Wildman–Crippen LogP) is 2.52. The Balaban J connectivity index is 1.68. The van der Waals surface area contributed by atoms with Crippen molar-refractivity contribution < 1.29 is 0 Å². The first kappa shape index (κ1) is 13.4. The predicted molar refractivity (Wildman–Crippen MR) is 88.5 cm³/mol. The summed E-state index contributed by atoms with van der Waals surface area (Å²) in [5.41, 5.74) is 9.97. The number of hydrogen-bond donors (Lipinski definition) is 1. The third-order valence-electron chi connectivity index (χ3n) is 3.64. The quantitative estimate of drug-likeness (QED) is 0.629. The van der Waals surface area contributed by atoms with E-state index in [0.717, 1.165) is 27.9 Å². The summed E-state index contributed by atoms with van der Waals surface area (Å²) in [6.07, 6.45) is 5.35. The van der Waals surface area contributed by atoms with Crippen LogP contribution in [0.2, 0.25) is 0 Å². The molecule has 0 bridgehead atoms. The molecule has 0 aliphatic carbocycles. The molecule has 0 saturated carbocycles. The minimum absolute atomic E-state index is 0.552. The Bertz CT molecular complexity index is 953. The van der Waals surface area contributed by atoms with Crippen molar-refractivity contribution in [3.05, 3.63) is 66.7 Å². The normalized spacial score (nSPS) is 11.0. The molecule has 23 heavy (non-hydrogen) atoms. The summed E-state index contributed by atoms with van der Waals surface area (Å²) in [5, 5.41) is 9.54. The van der Waals surface area contributed by atoms with Crippen molar-refractivity contribution in [3.63, 3.8) is 0 Å². The molecule has 0 spiro atoms. The van der Waals surface area contributed by atoms with E-state index in [4.69, 9.17) is 5.73 Å². The second kappa shape index (κ2) is 5.49. The summed E-state index contributed by atoms with van der Waals surface area (Å²) in [6.45, 7) is 0.552. The molecule has 0 atom stereocenters. The highest BCUT2D eigenvalue weighted by Gasteiger charge is 2.09. The van der Waals surface area contributed by atoms with Gasteiger partial charge in [-0.25, -0.2) is 4.68 Å². The van der Waals surface area contributed by atoms with Gasteiger partial charge in [-0.15, -0.1) is 5.10 Å². The minimum Gasteiger partial charge on any atom is -0.397 e. The number of anilines is 1. The zero-order valence-electron chi connectivity index (χ0n) is 12.3. The molecule has 0 aliphatic rings. The SMILES string of the molecule is Nc1ccc(Cn2cc(-c3ccnc4ccccc34)nn2)nc1. The Kier molecular flexibility index (Phi) is 3.20. The van der Waals surface area contributed by atoms with Crippen LogP contribution < -0.4 is 5.73 Å². The van der Waals surface area contributed by atoms with Gasteiger partial charge >= 0.3 is 0 Å². The molecule has 0 amide bonds. The molecule has 4 rings (SSSR count). The lowest BCUT2D eigenvalue weighted by Gasteiger charge is -2.02. The molecule has 4 aromatic rings. The van der Waals surface area contributed by atoms with E-state index in [2.05, 4.69) is 20.3 Å². The summed E-state index contributed by atoms with van der Waals surface area (Å²) < 4.78 is 1.77. The van der Waals surface area contributed by atoms with Crippen molar-refractivity contribution in [1.82, 2.24) is 25.0 Å². The maximum absolute atomic E-state index is 5.65. The van der Waals surface area contributed by atoms with Crippen molar-refractivity contribution >= 4 is 16.6 Å². The molecule has 0 fully saturated rings. The molecular formula is C17H14N6. The fraction of sp³-hybridized carbons (Fsp3) is 0.0588. The Morgan fingerprint density at radius 1 is 1.00 bits per heavy atom. The number of para-hydroxylation sites is 1. The molecule has 3 aromatic heterocycles. The van der Waals surface area contributed by atoms with Crippen LogP contribution in [0.5, 0.6) is 0 Å². The Morgan fingerprint density at radius 2 is 1.91 bits per heavy atom. The first-order valence-corrected chi connectivity index (χ1v) is 7.24. The summed E-state index contributed by atoms with van der Waals surface area (Å²) in [4.78, 5) is 8.66. The third kappa shape index (κ3) is 2.62. The average molecular weight is 302 g/mol. The van der Waals surface area contributed by atoms with Crippen LogP contribution in [0.1, 0.15) is 5.69 Å². The van der Waals surface area contributed by atoms with E-state index in [9.17, 15) is 0 Å². The monoisotopic (exact) mass is 302 g/mol. The minimum atomic E-state index is 0.552. The zero-order valence-corrected chi connectivity index (χ0v) is 12.3. The Morgan fingerprint density at radius 3 is 2.78 bits per heavy atom. The fourth-order valence-electron chi connectivity index (χ4n) is 2.51.